The molecule has 1 fully saturated rings. The van der Waals surface area contributed by atoms with Crippen molar-refractivity contribution in [3.05, 3.63) is 16.4 Å². The molecule has 0 bridgehead atoms. The van der Waals surface area contributed by atoms with Crippen molar-refractivity contribution in [2.45, 2.75) is 24.5 Å². The van der Waals surface area contributed by atoms with Gasteiger partial charge in [0.15, 0.2) is 6.23 Å². The number of hydrogen-bond acceptors (Lipinski definition) is 8. The Morgan fingerprint density at radius 2 is 2.15 bits per heavy atom. The Balaban J connectivity index is 2.18. The van der Waals surface area contributed by atoms with E-state index >= 15 is 0 Å². The number of nitrogens with zero attached hydrogens (tertiary/aromatic N) is 2. The van der Waals surface area contributed by atoms with Crippen LogP contribution in [0.25, 0.3) is 0 Å². The largest absolute Gasteiger partial charge is 0.468 e. The van der Waals surface area contributed by atoms with Crippen molar-refractivity contribution in [1.29, 1.82) is 0 Å². The molecule has 1 aromatic rings. The van der Waals surface area contributed by atoms with Crippen LogP contribution in [0.4, 0.5) is 5.82 Å². The predicted molar refractivity (Wildman–Crippen MR) is 67.4 cm³/mol. The fourth-order valence-electron chi connectivity index (χ4n) is 1.85. The van der Waals surface area contributed by atoms with Gasteiger partial charge in [-0.15, -0.1) is 0 Å². The fourth-order valence-corrected chi connectivity index (χ4v) is 1.85. The summed E-state index contributed by atoms with van der Waals surface area (Å²) >= 11 is 0. The molecular weight excluding hydrogens is 270 g/mol. The second-order valence-corrected chi connectivity index (χ2v) is 4.47. The maximum atomic E-state index is 11.7. The van der Waals surface area contributed by atoms with Gasteiger partial charge >= 0.3 is 6.01 Å². The van der Waals surface area contributed by atoms with Crippen molar-refractivity contribution in [3.63, 3.8) is 0 Å². The maximum Gasteiger partial charge on any atom is 0.300 e. The highest BCUT2D eigenvalue weighted by Gasteiger charge is 2.37. The highest BCUT2D eigenvalue weighted by atomic mass is 16.5. The monoisotopic (exact) mass is 287 g/mol. The Morgan fingerprint density at radius 3 is 2.80 bits per heavy atom. The molecule has 4 atom stereocenters. The summed E-state index contributed by atoms with van der Waals surface area (Å²) < 4.78 is 11.3. The Hall–Kier alpha value is -1.68. The SMILES string of the molecule is COc1nc(NC2OCC(O)C(O)C2O)cc(=O)n1C. The van der Waals surface area contributed by atoms with Crippen LogP contribution in [0.2, 0.25) is 0 Å². The van der Waals surface area contributed by atoms with Crippen LogP contribution in [-0.4, -0.2) is 63.1 Å². The van der Waals surface area contributed by atoms with Crippen molar-refractivity contribution in [2.24, 2.45) is 7.05 Å². The lowest BCUT2D eigenvalue weighted by Crippen LogP contribution is -2.55. The van der Waals surface area contributed by atoms with Crippen molar-refractivity contribution in [1.82, 2.24) is 9.55 Å². The molecule has 2 rings (SSSR count). The van der Waals surface area contributed by atoms with Gasteiger partial charge in [-0.1, -0.05) is 0 Å². The molecule has 1 aromatic heterocycles. The zero-order chi connectivity index (χ0) is 14.9. The number of aliphatic hydroxyl groups is 3. The summed E-state index contributed by atoms with van der Waals surface area (Å²) in [6.45, 7) is -0.141. The summed E-state index contributed by atoms with van der Waals surface area (Å²) in [6.07, 6.45) is -4.84. The number of rotatable bonds is 3. The van der Waals surface area contributed by atoms with Crippen molar-refractivity contribution >= 4 is 5.82 Å². The van der Waals surface area contributed by atoms with Gasteiger partial charge in [0.2, 0.25) is 0 Å². The third kappa shape index (κ3) is 2.75. The summed E-state index contributed by atoms with van der Waals surface area (Å²) in [5.41, 5.74) is -0.356. The van der Waals surface area contributed by atoms with E-state index in [0.717, 1.165) is 0 Å². The van der Waals surface area contributed by atoms with Gasteiger partial charge in [-0.05, 0) is 0 Å². The summed E-state index contributed by atoms with van der Waals surface area (Å²) in [5.74, 6) is 0.137. The van der Waals surface area contributed by atoms with Gasteiger partial charge in [-0.2, -0.15) is 4.98 Å². The molecule has 4 unspecified atom stereocenters. The van der Waals surface area contributed by atoms with Crippen molar-refractivity contribution in [2.75, 3.05) is 19.0 Å². The number of ether oxygens (including phenoxy) is 2. The lowest BCUT2D eigenvalue weighted by atomic mass is 10.0. The van der Waals surface area contributed by atoms with Crippen LogP contribution >= 0.6 is 0 Å². The van der Waals surface area contributed by atoms with E-state index in [0.29, 0.717) is 0 Å². The first-order valence-corrected chi connectivity index (χ1v) is 5.98. The molecule has 112 valence electrons. The van der Waals surface area contributed by atoms with E-state index in [1.165, 1.54) is 24.8 Å². The Labute approximate surface area is 114 Å². The molecule has 0 aliphatic carbocycles. The summed E-state index contributed by atoms with van der Waals surface area (Å²) in [5, 5.41) is 31.4. The lowest BCUT2D eigenvalue weighted by Gasteiger charge is -2.35. The van der Waals surface area contributed by atoms with Gasteiger partial charge < -0.3 is 30.1 Å². The van der Waals surface area contributed by atoms with E-state index in [2.05, 4.69) is 10.3 Å². The first kappa shape index (κ1) is 14.7. The molecule has 1 aliphatic rings. The third-order valence-corrected chi connectivity index (χ3v) is 3.07. The van der Waals surface area contributed by atoms with Crippen LogP contribution in [0.15, 0.2) is 10.9 Å². The normalized spacial score (nSPS) is 30.1. The van der Waals surface area contributed by atoms with Gasteiger partial charge in [-0.25, -0.2) is 0 Å². The van der Waals surface area contributed by atoms with Gasteiger partial charge in [0.1, 0.15) is 24.1 Å². The van der Waals surface area contributed by atoms with E-state index in [9.17, 15) is 20.1 Å². The molecule has 1 aliphatic heterocycles. The number of nitrogens with one attached hydrogen (secondary N) is 1. The van der Waals surface area contributed by atoms with Crippen molar-refractivity contribution in [3.8, 4) is 6.01 Å². The van der Waals surface area contributed by atoms with Gasteiger partial charge in [0.05, 0.1) is 13.7 Å². The van der Waals surface area contributed by atoms with Crippen molar-refractivity contribution < 1.29 is 24.8 Å². The number of aliphatic hydroxyl groups excluding tert-OH is 3. The second-order valence-electron chi connectivity index (χ2n) is 4.47. The highest BCUT2D eigenvalue weighted by Crippen LogP contribution is 2.17. The molecule has 2 heterocycles. The molecular formula is C11H17N3O6. The first-order valence-electron chi connectivity index (χ1n) is 5.98. The van der Waals surface area contributed by atoms with E-state index in [4.69, 9.17) is 9.47 Å². The quantitative estimate of drug-likeness (QED) is 0.486. The van der Waals surface area contributed by atoms with Crippen LogP contribution < -0.4 is 15.6 Å². The number of hydrogen-bond donors (Lipinski definition) is 4. The fraction of sp³-hybridized carbons (Fsp3) is 0.636. The van der Waals surface area contributed by atoms with Gasteiger partial charge in [-0.3, -0.25) is 9.36 Å². The van der Waals surface area contributed by atoms with Gasteiger partial charge in [0.25, 0.3) is 5.56 Å². The maximum absolute atomic E-state index is 11.7. The first-order chi connectivity index (χ1) is 9.43. The molecule has 1 saturated heterocycles. The van der Waals surface area contributed by atoms with Crippen LogP contribution in [0, 0.1) is 0 Å². The van der Waals surface area contributed by atoms with E-state index in [1.807, 2.05) is 0 Å². The van der Waals surface area contributed by atoms with Crippen LogP contribution in [0.1, 0.15) is 0 Å². The Morgan fingerprint density at radius 1 is 1.45 bits per heavy atom. The third-order valence-electron chi connectivity index (χ3n) is 3.07. The smallest absolute Gasteiger partial charge is 0.300 e. The molecule has 0 radical (unpaired) electrons. The van der Waals surface area contributed by atoms with Crippen LogP contribution in [0.3, 0.4) is 0 Å². The number of methoxy groups -OCH3 is 1. The summed E-state index contributed by atoms with van der Waals surface area (Å²) in [7, 11) is 2.88. The molecule has 9 nitrogen and oxygen atoms in total. The topological polar surface area (TPSA) is 126 Å². The molecule has 0 aromatic carbocycles. The van der Waals surface area contributed by atoms with E-state index in [1.54, 1.807) is 0 Å². The molecule has 0 amide bonds. The van der Waals surface area contributed by atoms with E-state index < -0.39 is 24.5 Å². The number of anilines is 1. The average Bonchev–Trinajstić information content (AvgIpc) is 2.43. The average molecular weight is 287 g/mol. The lowest BCUT2D eigenvalue weighted by molar-refractivity contribution is -0.178. The number of aromatic nitrogens is 2. The molecule has 20 heavy (non-hydrogen) atoms. The minimum absolute atomic E-state index is 0.0888. The zero-order valence-electron chi connectivity index (χ0n) is 11.1. The summed E-state index contributed by atoms with van der Waals surface area (Å²) in [4.78, 5) is 15.7. The van der Waals surface area contributed by atoms with Gasteiger partial charge in [0, 0.05) is 13.1 Å². The molecule has 9 heteroatoms. The second kappa shape index (κ2) is 5.75. The predicted octanol–water partition coefficient (Wildman–Crippen LogP) is -2.36. The standard InChI is InChI=1S/C11H17N3O6/c1-14-7(16)3-6(13-11(14)19-2)12-10-9(18)8(17)5(15)4-20-10/h3,5,8-10,12,15,17-18H,4H2,1-2H3. The molecule has 0 spiro atoms. The zero-order valence-corrected chi connectivity index (χ0v) is 11.1. The highest BCUT2D eigenvalue weighted by molar-refractivity contribution is 5.35. The molecule has 0 saturated carbocycles. The minimum atomic E-state index is -1.35. The van der Waals surface area contributed by atoms with Crippen LogP contribution in [0.5, 0.6) is 6.01 Å². The Kier molecular flexibility index (Phi) is 4.23. The Bertz CT molecular complexity index is 533. The summed E-state index contributed by atoms with van der Waals surface area (Å²) in [6, 6.07) is 1.29. The minimum Gasteiger partial charge on any atom is -0.468 e. The van der Waals surface area contributed by atoms with Crippen LogP contribution in [-0.2, 0) is 11.8 Å². The molecule has 4 N–H and O–H groups in total. The van der Waals surface area contributed by atoms with E-state index in [-0.39, 0.29) is 24.0 Å².